The van der Waals surface area contributed by atoms with Gasteiger partial charge in [-0.25, -0.2) is 0 Å². The number of allylic oxidation sites excluding steroid dienone is 1. The zero-order chi connectivity index (χ0) is 21.6. The molecule has 0 unspecified atom stereocenters. The molecule has 160 valence electrons. The molecular formula is C25H26ClN3O2. The number of ether oxygens (including phenoxy) is 1. The summed E-state index contributed by atoms with van der Waals surface area (Å²) in [6.07, 6.45) is 7.05. The van der Waals surface area contributed by atoms with Gasteiger partial charge < -0.3 is 9.26 Å². The van der Waals surface area contributed by atoms with Gasteiger partial charge in [0.05, 0.1) is 19.2 Å². The van der Waals surface area contributed by atoms with Crippen molar-refractivity contribution >= 4 is 22.9 Å². The first-order chi connectivity index (χ1) is 15.1. The average Bonchev–Trinajstić information content (AvgIpc) is 3.16. The van der Waals surface area contributed by atoms with Crippen LogP contribution in [0.3, 0.4) is 0 Å². The fourth-order valence-corrected chi connectivity index (χ4v) is 4.05. The molecule has 0 aliphatic heterocycles. The van der Waals surface area contributed by atoms with Crippen molar-refractivity contribution in [3.8, 4) is 5.75 Å². The Hall–Kier alpha value is -2.92. The Labute approximate surface area is 187 Å². The maximum Gasteiger partial charge on any atom is 0.231 e. The van der Waals surface area contributed by atoms with E-state index in [0.29, 0.717) is 24.7 Å². The van der Waals surface area contributed by atoms with Crippen molar-refractivity contribution in [3.05, 3.63) is 82.0 Å². The van der Waals surface area contributed by atoms with Crippen LogP contribution in [0.5, 0.6) is 5.75 Å². The molecular weight excluding hydrogens is 410 g/mol. The summed E-state index contributed by atoms with van der Waals surface area (Å²) in [7, 11) is 1.66. The molecule has 1 aliphatic carbocycles. The first-order valence-corrected chi connectivity index (χ1v) is 11.0. The normalized spacial score (nSPS) is 14.0. The number of rotatable bonds is 7. The number of aliphatic imine (C=N–C) groups is 1. The maximum atomic E-state index is 6.25. The molecule has 0 N–H and O–H groups in total. The highest BCUT2D eigenvalue weighted by molar-refractivity contribution is 6.30. The van der Waals surface area contributed by atoms with Crippen molar-refractivity contribution < 1.29 is 9.26 Å². The number of para-hydroxylation sites is 1. The SMILES string of the molecule is COc1ccccc1Cc1nc(C(C)=NCCC2=CCCCc3ccc(Cl)cc32)no1. The number of aromatic nitrogens is 2. The quantitative estimate of drug-likeness (QED) is 0.431. The van der Waals surface area contributed by atoms with E-state index in [2.05, 4.69) is 28.3 Å². The molecule has 0 fully saturated rings. The molecule has 6 heteroatoms. The maximum absolute atomic E-state index is 6.25. The van der Waals surface area contributed by atoms with Crippen LogP contribution in [-0.2, 0) is 12.8 Å². The summed E-state index contributed by atoms with van der Waals surface area (Å²) in [5, 5.41) is 4.88. The Morgan fingerprint density at radius 3 is 2.97 bits per heavy atom. The number of methoxy groups -OCH3 is 1. The molecule has 0 amide bonds. The minimum absolute atomic E-state index is 0.523. The van der Waals surface area contributed by atoms with Crippen LogP contribution in [0.4, 0.5) is 0 Å². The largest absolute Gasteiger partial charge is 0.496 e. The summed E-state index contributed by atoms with van der Waals surface area (Å²) in [6, 6.07) is 14.0. The van der Waals surface area contributed by atoms with E-state index in [1.54, 1.807) is 7.11 Å². The van der Waals surface area contributed by atoms with Crippen molar-refractivity contribution in [1.82, 2.24) is 10.1 Å². The van der Waals surface area contributed by atoms with Gasteiger partial charge in [-0.05, 0) is 67.5 Å². The Morgan fingerprint density at radius 1 is 1.23 bits per heavy atom. The molecule has 0 bridgehead atoms. The smallest absolute Gasteiger partial charge is 0.231 e. The molecule has 0 radical (unpaired) electrons. The van der Waals surface area contributed by atoms with Crippen molar-refractivity contribution in [2.24, 2.45) is 4.99 Å². The lowest BCUT2D eigenvalue weighted by atomic mass is 9.97. The molecule has 0 saturated heterocycles. The Morgan fingerprint density at radius 2 is 2.10 bits per heavy atom. The monoisotopic (exact) mass is 435 g/mol. The molecule has 4 rings (SSSR count). The summed E-state index contributed by atoms with van der Waals surface area (Å²) in [5.41, 5.74) is 5.73. The van der Waals surface area contributed by atoms with Crippen molar-refractivity contribution in [2.75, 3.05) is 13.7 Å². The lowest BCUT2D eigenvalue weighted by Crippen LogP contribution is -2.01. The molecule has 3 aromatic rings. The second-order valence-electron chi connectivity index (χ2n) is 7.64. The second kappa shape index (κ2) is 9.92. The lowest BCUT2D eigenvalue weighted by molar-refractivity contribution is 0.377. The van der Waals surface area contributed by atoms with E-state index >= 15 is 0 Å². The van der Waals surface area contributed by atoms with E-state index < -0.39 is 0 Å². The molecule has 1 aromatic heterocycles. The number of benzene rings is 2. The third-order valence-electron chi connectivity index (χ3n) is 5.51. The van der Waals surface area contributed by atoms with Crippen LogP contribution in [0.1, 0.15) is 54.6 Å². The zero-order valence-corrected chi connectivity index (χ0v) is 18.7. The van der Waals surface area contributed by atoms with Crippen molar-refractivity contribution in [3.63, 3.8) is 0 Å². The van der Waals surface area contributed by atoms with Crippen molar-refractivity contribution in [1.29, 1.82) is 0 Å². The fourth-order valence-electron chi connectivity index (χ4n) is 3.88. The standard InChI is InChI=1S/C25H26ClN3O2/c1-17(25-28-24(31-29-25)15-20-9-5-6-10-23(20)30-2)27-14-13-19-8-4-3-7-18-11-12-21(26)16-22(18)19/h5-6,8-12,16H,3-4,7,13-15H2,1-2H3. The van der Waals surface area contributed by atoms with Crippen LogP contribution in [0.25, 0.3) is 5.57 Å². The highest BCUT2D eigenvalue weighted by Crippen LogP contribution is 2.30. The highest BCUT2D eigenvalue weighted by Gasteiger charge is 2.14. The summed E-state index contributed by atoms with van der Waals surface area (Å²) in [6.45, 7) is 2.59. The van der Waals surface area contributed by atoms with Crippen LogP contribution < -0.4 is 4.74 Å². The van der Waals surface area contributed by atoms with Crippen LogP contribution in [0, 0.1) is 0 Å². The predicted molar refractivity (Wildman–Crippen MR) is 124 cm³/mol. The van der Waals surface area contributed by atoms with Gasteiger partial charge in [-0.2, -0.15) is 4.98 Å². The van der Waals surface area contributed by atoms with Crippen LogP contribution in [0.2, 0.25) is 5.02 Å². The number of hydrogen-bond acceptors (Lipinski definition) is 5. The van der Waals surface area contributed by atoms with E-state index in [9.17, 15) is 0 Å². The van der Waals surface area contributed by atoms with Gasteiger partial charge >= 0.3 is 0 Å². The van der Waals surface area contributed by atoms with E-state index in [-0.39, 0.29) is 0 Å². The minimum atomic E-state index is 0.523. The van der Waals surface area contributed by atoms with Crippen LogP contribution in [0.15, 0.2) is 58.1 Å². The molecule has 0 atom stereocenters. The summed E-state index contributed by atoms with van der Waals surface area (Å²) in [4.78, 5) is 9.21. The topological polar surface area (TPSA) is 60.5 Å². The van der Waals surface area contributed by atoms with Gasteiger partial charge in [0.15, 0.2) is 0 Å². The number of nitrogens with zero attached hydrogens (tertiary/aromatic N) is 3. The second-order valence-corrected chi connectivity index (χ2v) is 8.08. The van der Waals surface area contributed by atoms with Gasteiger partial charge in [-0.1, -0.05) is 47.1 Å². The predicted octanol–water partition coefficient (Wildman–Crippen LogP) is 5.94. The zero-order valence-electron chi connectivity index (χ0n) is 17.9. The van der Waals surface area contributed by atoms with Gasteiger partial charge in [-0.3, -0.25) is 4.99 Å². The first kappa shape index (κ1) is 21.3. The molecule has 2 aromatic carbocycles. The van der Waals surface area contributed by atoms with Gasteiger partial charge in [0, 0.05) is 17.1 Å². The third-order valence-corrected chi connectivity index (χ3v) is 5.75. The van der Waals surface area contributed by atoms with Crippen LogP contribution >= 0.6 is 11.6 Å². The number of hydrogen-bond donors (Lipinski definition) is 0. The molecule has 31 heavy (non-hydrogen) atoms. The van der Waals surface area contributed by atoms with E-state index in [1.165, 1.54) is 16.7 Å². The van der Waals surface area contributed by atoms with Gasteiger partial charge in [-0.15, -0.1) is 0 Å². The average molecular weight is 436 g/mol. The Balaban J connectivity index is 1.42. The molecule has 1 aliphatic rings. The third kappa shape index (κ3) is 5.23. The summed E-state index contributed by atoms with van der Waals surface area (Å²) < 4.78 is 10.8. The summed E-state index contributed by atoms with van der Waals surface area (Å²) >= 11 is 6.25. The Bertz CT molecular complexity index is 1120. The molecule has 0 saturated carbocycles. The van der Waals surface area contributed by atoms with Crippen molar-refractivity contribution in [2.45, 2.75) is 39.0 Å². The number of aryl methyl sites for hydroxylation is 1. The Kier molecular flexibility index (Phi) is 6.82. The van der Waals surface area contributed by atoms with Gasteiger partial charge in [0.1, 0.15) is 5.75 Å². The molecule has 5 nitrogen and oxygen atoms in total. The summed E-state index contributed by atoms with van der Waals surface area (Å²) in [5.74, 6) is 1.89. The number of halogens is 1. The van der Waals surface area contributed by atoms with Gasteiger partial charge in [0.25, 0.3) is 0 Å². The van der Waals surface area contributed by atoms with E-state index in [0.717, 1.165) is 47.7 Å². The highest BCUT2D eigenvalue weighted by atomic mass is 35.5. The van der Waals surface area contributed by atoms with E-state index in [1.807, 2.05) is 37.3 Å². The first-order valence-electron chi connectivity index (χ1n) is 10.6. The molecule has 0 spiro atoms. The fraction of sp³-hybridized carbons (Fsp3) is 0.320. The number of fused-ring (bicyclic) bond motifs is 1. The lowest BCUT2D eigenvalue weighted by Gasteiger charge is -2.10. The van der Waals surface area contributed by atoms with Gasteiger partial charge in [0.2, 0.25) is 11.7 Å². The molecule has 1 heterocycles. The minimum Gasteiger partial charge on any atom is -0.496 e. The van der Waals surface area contributed by atoms with E-state index in [4.69, 9.17) is 25.9 Å². The van der Waals surface area contributed by atoms with Crippen LogP contribution in [-0.4, -0.2) is 29.5 Å².